The Morgan fingerprint density at radius 1 is 1.26 bits per heavy atom. The minimum absolute atomic E-state index is 0.0563. The second-order valence-electron chi connectivity index (χ2n) is 5.43. The van der Waals surface area contributed by atoms with Crippen molar-refractivity contribution in [3.63, 3.8) is 0 Å². The monoisotopic (exact) mass is 263 g/mol. The van der Waals surface area contributed by atoms with Crippen LogP contribution >= 0.6 is 0 Å². The maximum absolute atomic E-state index is 9.01. The van der Waals surface area contributed by atoms with E-state index in [-0.39, 0.29) is 12.6 Å². The molecule has 0 radical (unpaired) electrons. The van der Waals surface area contributed by atoms with E-state index in [1.165, 1.54) is 11.3 Å². The Bertz CT molecular complexity index is 389. The van der Waals surface area contributed by atoms with Crippen LogP contribution in [0.3, 0.4) is 0 Å². The number of benzene rings is 1. The van der Waals surface area contributed by atoms with Crippen molar-refractivity contribution in [3.8, 4) is 0 Å². The van der Waals surface area contributed by atoms with Gasteiger partial charge in [0.15, 0.2) is 0 Å². The topological polar surface area (TPSA) is 75.5 Å². The number of hydrogen-bond acceptors (Lipinski definition) is 4. The van der Waals surface area contributed by atoms with E-state index in [1.807, 2.05) is 0 Å². The number of nitrogens with zero attached hydrogens (tertiary/aromatic N) is 1. The molecule has 19 heavy (non-hydrogen) atoms. The first-order valence-electron chi connectivity index (χ1n) is 7.15. The molecule has 1 atom stereocenters. The zero-order valence-electron chi connectivity index (χ0n) is 11.5. The predicted octanol–water partition coefficient (Wildman–Crippen LogP) is 0.866. The smallest absolute Gasteiger partial charge is 0.0582 e. The van der Waals surface area contributed by atoms with Crippen molar-refractivity contribution in [2.24, 2.45) is 11.5 Å². The minimum Gasteiger partial charge on any atom is -0.395 e. The molecule has 4 nitrogen and oxygen atoms in total. The van der Waals surface area contributed by atoms with Crippen LogP contribution in [0.2, 0.25) is 0 Å². The minimum atomic E-state index is -0.122. The first kappa shape index (κ1) is 14.3. The molecular weight excluding hydrogens is 238 g/mol. The summed E-state index contributed by atoms with van der Waals surface area (Å²) in [5, 5.41) is 9.01. The number of nitrogens with two attached hydrogens (primary N) is 2. The van der Waals surface area contributed by atoms with Gasteiger partial charge in [0.05, 0.1) is 6.61 Å². The lowest BCUT2D eigenvalue weighted by atomic mass is 10.0. The van der Waals surface area contributed by atoms with Gasteiger partial charge in [0, 0.05) is 30.9 Å². The Morgan fingerprint density at radius 2 is 1.95 bits per heavy atom. The van der Waals surface area contributed by atoms with E-state index >= 15 is 0 Å². The Hall–Kier alpha value is -1.10. The van der Waals surface area contributed by atoms with Crippen molar-refractivity contribution in [1.82, 2.24) is 0 Å². The molecule has 1 saturated heterocycles. The highest BCUT2D eigenvalue weighted by Gasteiger charge is 2.18. The lowest BCUT2D eigenvalue weighted by Crippen LogP contribution is -2.40. The third-order valence-electron chi connectivity index (χ3n) is 3.89. The first-order chi connectivity index (χ1) is 9.20. The highest BCUT2D eigenvalue weighted by Crippen LogP contribution is 2.25. The normalized spacial score (nSPS) is 18.6. The number of aryl methyl sites for hydroxylation is 1. The fraction of sp³-hybridized carbons (Fsp3) is 0.600. The van der Waals surface area contributed by atoms with E-state index < -0.39 is 0 Å². The van der Waals surface area contributed by atoms with Crippen LogP contribution in [0, 0.1) is 0 Å². The molecule has 1 unspecified atom stereocenters. The molecule has 4 heteroatoms. The molecule has 1 fully saturated rings. The highest BCUT2D eigenvalue weighted by atomic mass is 16.3. The van der Waals surface area contributed by atoms with E-state index in [2.05, 4.69) is 29.2 Å². The summed E-state index contributed by atoms with van der Waals surface area (Å²) in [7, 11) is 0. The third kappa shape index (κ3) is 3.93. The number of aliphatic hydroxyl groups excluding tert-OH is 1. The summed E-state index contributed by atoms with van der Waals surface area (Å²) in [4.78, 5) is 2.42. The summed E-state index contributed by atoms with van der Waals surface area (Å²) < 4.78 is 0. The summed E-state index contributed by atoms with van der Waals surface area (Å²) in [6, 6.07) is 8.72. The van der Waals surface area contributed by atoms with Crippen LogP contribution in [0.15, 0.2) is 24.3 Å². The van der Waals surface area contributed by atoms with Crippen molar-refractivity contribution in [3.05, 3.63) is 29.8 Å². The van der Waals surface area contributed by atoms with Crippen molar-refractivity contribution in [1.29, 1.82) is 0 Å². The molecule has 0 bridgehead atoms. The molecule has 106 valence electrons. The Labute approximate surface area is 115 Å². The van der Waals surface area contributed by atoms with Gasteiger partial charge in [-0.05, 0) is 37.3 Å². The standard InChI is InChI=1S/C15H25N3O/c16-13-7-9-18(10-8-13)15-4-2-1-3-12(15)5-6-14(17)11-19/h1-4,13-14,19H,5-11,16-17H2. The molecule has 1 aliphatic heterocycles. The van der Waals surface area contributed by atoms with Gasteiger partial charge in [-0.3, -0.25) is 0 Å². The van der Waals surface area contributed by atoms with Crippen molar-refractivity contribution >= 4 is 5.69 Å². The van der Waals surface area contributed by atoms with Gasteiger partial charge in [0.1, 0.15) is 0 Å². The molecule has 0 aromatic heterocycles. The van der Waals surface area contributed by atoms with E-state index in [1.54, 1.807) is 0 Å². The van der Waals surface area contributed by atoms with Crippen LogP contribution in [-0.4, -0.2) is 36.9 Å². The van der Waals surface area contributed by atoms with Crippen LogP contribution in [0.5, 0.6) is 0 Å². The second-order valence-corrected chi connectivity index (χ2v) is 5.43. The average Bonchev–Trinajstić information content (AvgIpc) is 2.46. The molecule has 2 rings (SSSR count). The van der Waals surface area contributed by atoms with Gasteiger partial charge in [-0.2, -0.15) is 0 Å². The Morgan fingerprint density at radius 3 is 2.63 bits per heavy atom. The molecule has 0 spiro atoms. The number of hydrogen-bond donors (Lipinski definition) is 3. The molecule has 1 heterocycles. The first-order valence-corrected chi connectivity index (χ1v) is 7.15. The molecule has 5 N–H and O–H groups in total. The number of para-hydroxylation sites is 1. The molecule has 1 aromatic carbocycles. The summed E-state index contributed by atoms with van der Waals surface area (Å²) in [6.07, 6.45) is 3.86. The largest absolute Gasteiger partial charge is 0.395 e. The predicted molar refractivity (Wildman–Crippen MR) is 79.2 cm³/mol. The number of aliphatic hydroxyl groups is 1. The van der Waals surface area contributed by atoms with Crippen LogP contribution in [0.4, 0.5) is 5.69 Å². The van der Waals surface area contributed by atoms with Gasteiger partial charge < -0.3 is 21.5 Å². The Balaban J connectivity index is 2.03. The van der Waals surface area contributed by atoms with E-state index in [4.69, 9.17) is 16.6 Å². The van der Waals surface area contributed by atoms with Gasteiger partial charge in [-0.25, -0.2) is 0 Å². The van der Waals surface area contributed by atoms with Gasteiger partial charge >= 0.3 is 0 Å². The maximum Gasteiger partial charge on any atom is 0.0582 e. The van der Waals surface area contributed by atoms with Crippen LogP contribution in [0.1, 0.15) is 24.8 Å². The van der Waals surface area contributed by atoms with E-state index in [0.29, 0.717) is 6.04 Å². The van der Waals surface area contributed by atoms with Gasteiger partial charge in [0.2, 0.25) is 0 Å². The van der Waals surface area contributed by atoms with E-state index in [9.17, 15) is 0 Å². The van der Waals surface area contributed by atoms with Crippen molar-refractivity contribution in [2.75, 3.05) is 24.6 Å². The second kappa shape index (κ2) is 6.89. The molecule has 1 aliphatic rings. The van der Waals surface area contributed by atoms with Crippen molar-refractivity contribution in [2.45, 2.75) is 37.8 Å². The molecular formula is C15H25N3O. The van der Waals surface area contributed by atoms with Gasteiger partial charge in [-0.15, -0.1) is 0 Å². The molecule has 0 saturated carbocycles. The summed E-state index contributed by atoms with van der Waals surface area (Å²) >= 11 is 0. The summed E-state index contributed by atoms with van der Waals surface area (Å²) in [5.74, 6) is 0. The lowest BCUT2D eigenvalue weighted by Gasteiger charge is -2.33. The molecule has 1 aromatic rings. The summed E-state index contributed by atoms with van der Waals surface area (Å²) in [5.41, 5.74) is 14.4. The number of rotatable bonds is 5. The summed E-state index contributed by atoms with van der Waals surface area (Å²) in [6.45, 7) is 2.12. The zero-order valence-corrected chi connectivity index (χ0v) is 11.5. The maximum atomic E-state index is 9.01. The zero-order chi connectivity index (χ0) is 13.7. The van der Waals surface area contributed by atoms with Crippen LogP contribution in [-0.2, 0) is 6.42 Å². The van der Waals surface area contributed by atoms with Crippen molar-refractivity contribution < 1.29 is 5.11 Å². The average molecular weight is 263 g/mol. The molecule has 0 amide bonds. The van der Waals surface area contributed by atoms with E-state index in [0.717, 1.165) is 38.8 Å². The fourth-order valence-corrected chi connectivity index (χ4v) is 2.60. The van der Waals surface area contributed by atoms with Gasteiger partial charge in [0.25, 0.3) is 0 Å². The lowest BCUT2D eigenvalue weighted by molar-refractivity contribution is 0.260. The number of piperidine rings is 1. The quantitative estimate of drug-likeness (QED) is 0.737. The third-order valence-corrected chi connectivity index (χ3v) is 3.89. The van der Waals surface area contributed by atoms with Crippen LogP contribution in [0.25, 0.3) is 0 Å². The SMILES string of the molecule is NC(CO)CCc1ccccc1N1CCC(N)CC1. The van der Waals surface area contributed by atoms with Gasteiger partial charge in [-0.1, -0.05) is 18.2 Å². The van der Waals surface area contributed by atoms with Crippen LogP contribution < -0.4 is 16.4 Å². The molecule has 0 aliphatic carbocycles. The Kier molecular flexibility index (Phi) is 5.19. The highest BCUT2D eigenvalue weighted by molar-refractivity contribution is 5.54. The fourth-order valence-electron chi connectivity index (χ4n) is 2.60. The number of anilines is 1.